The second kappa shape index (κ2) is 5.08. The Morgan fingerprint density at radius 1 is 1.35 bits per heavy atom. The Bertz CT molecular complexity index is 523. The van der Waals surface area contributed by atoms with Crippen LogP contribution in [0.25, 0.3) is 0 Å². The fourth-order valence-electron chi connectivity index (χ4n) is 3.52. The first kappa shape index (κ1) is 13.4. The zero-order valence-electron chi connectivity index (χ0n) is 11.5. The summed E-state index contributed by atoms with van der Waals surface area (Å²) >= 11 is 0. The fraction of sp³-hybridized carbons (Fsp3) is 0.562. The second-order valence-electron chi connectivity index (χ2n) is 6.14. The van der Waals surface area contributed by atoms with Crippen molar-refractivity contribution in [3.63, 3.8) is 0 Å². The number of halogens is 1. The predicted molar refractivity (Wildman–Crippen MR) is 74.0 cm³/mol. The molecule has 1 aromatic rings. The molecule has 1 atom stereocenters. The number of amides is 1. The van der Waals surface area contributed by atoms with Gasteiger partial charge in [-0.05, 0) is 42.7 Å². The van der Waals surface area contributed by atoms with Gasteiger partial charge in [-0.3, -0.25) is 4.79 Å². The molecular weight excluding hydrogens is 257 g/mol. The highest BCUT2D eigenvalue weighted by Crippen LogP contribution is 2.61. The Balaban J connectivity index is 1.57. The molecule has 2 N–H and O–H groups in total. The van der Waals surface area contributed by atoms with E-state index in [2.05, 4.69) is 0 Å². The second-order valence-corrected chi connectivity index (χ2v) is 6.14. The molecule has 1 spiro atoms. The van der Waals surface area contributed by atoms with Gasteiger partial charge in [-0.1, -0.05) is 19.3 Å². The lowest BCUT2D eigenvalue weighted by Gasteiger charge is -2.22. The molecular formula is C16H20FNO2. The van der Waals surface area contributed by atoms with Crippen molar-refractivity contribution < 1.29 is 13.9 Å². The highest BCUT2D eigenvalue weighted by Gasteiger charge is 2.53. The Hall–Kier alpha value is -1.58. The van der Waals surface area contributed by atoms with Crippen LogP contribution in [-0.4, -0.2) is 12.5 Å². The van der Waals surface area contributed by atoms with Gasteiger partial charge >= 0.3 is 0 Å². The van der Waals surface area contributed by atoms with Gasteiger partial charge in [0.2, 0.25) is 0 Å². The molecule has 0 bridgehead atoms. The van der Waals surface area contributed by atoms with E-state index in [1.165, 1.54) is 50.7 Å². The van der Waals surface area contributed by atoms with Crippen LogP contribution in [0.2, 0.25) is 0 Å². The highest BCUT2D eigenvalue weighted by atomic mass is 19.1. The summed E-state index contributed by atoms with van der Waals surface area (Å²) in [6.45, 7) is 0.648. The smallest absolute Gasteiger partial charge is 0.251 e. The van der Waals surface area contributed by atoms with Crippen molar-refractivity contribution in [2.75, 3.05) is 6.61 Å². The van der Waals surface area contributed by atoms with E-state index < -0.39 is 11.7 Å². The standard InChI is InChI=1S/C16H20FNO2/c17-14-8-12(4-5-13(14)15(18)19)20-10-11-9-16(11)6-2-1-3-7-16/h4-5,8,11H,1-3,6-7,9-10H2,(H2,18,19). The molecule has 1 unspecified atom stereocenters. The summed E-state index contributed by atoms with van der Waals surface area (Å²) in [6, 6.07) is 4.24. The van der Waals surface area contributed by atoms with Gasteiger partial charge < -0.3 is 10.5 Å². The molecule has 2 aliphatic rings. The molecule has 20 heavy (non-hydrogen) atoms. The first-order valence-electron chi connectivity index (χ1n) is 7.33. The van der Waals surface area contributed by atoms with Crippen LogP contribution in [-0.2, 0) is 0 Å². The minimum Gasteiger partial charge on any atom is -0.493 e. The monoisotopic (exact) mass is 277 g/mol. The molecule has 0 aliphatic heterocycles. The van der Waals surface area contributed by atoms with E-state index in [-0.39, 0.29) is 5.56 Å². The van der Waals surface area contributed by atoms with Gasteiger partial charge in [0.15, 0.2) is 0 Å². The molecule has 2 aliphatic carbocycles. The van der Waals surface area contributed by atoms with Crippen LogP contribution >= 0.6 is 0 Å². The van der Waals surface area contributed by atoms with Crippen LogP contribution in [0, 0.1) is 17.2 Å². The van der Waals surface area contributed by atoms with Crippen molar-refractivity contribution in [3.05, 3.63) is 29.6 Å². The number of rotatable bonds is 4. The molecule has 1 amide bonds. The van der Waals surface area contributed by atoms with Crippen molar-refractivity contribution in [1.29, 1.82) is 0 Å². The number of hydrogen-bond donors (Lipinski definition) is 1. The first-order chi connectivity index (χ1) is 9.61. The van der Waals surface area contributed by atoms with Crippen molar-refractivity contribution in [2.45, 2.75) is 38.5 Å². The summed E-state index contributed by atoms with van der Waals surface area (Å²) in [7, 11) is 0. The number of carbonyl (C=O) groups excluding carboxylic acids is 1. The van der Waals surface area contributed by atoms with Crippen molar-refractivity contribution in [1.82, 2.24) is 0 Å². The van der Waals surface area contributed by atoms with Gasteiger partial charge in [0, 0.05) is 6.07 Å². The molecule has 4 heteroatoms. The molecule has 0 radical (unpaired) electrons. The Morgan fingerprint density at radius 2 is 2.10 bits per heavy atom. The summed E-state index contributed by atoms with van der Waals surface area (Å²) in [5.74, 6) is -0.275. The number of hydrogen-bond acceptors (Lipinski definition) is 2. The van der Waals surface area contributed by atoms with Crippen molar-refractivity contribution in [2.24, 2.45) is 17.1 Å². The van der Waals surface area contributed by atoms with Gasteiger partial charge in [0.1, 0.15) is 11.6 Å². The number of ether oxygens (including phenoxy) is 1. The highest BCUT2D eigenvalue weighted by molar-refractivity contribution is 5.93. The molecule has 0 aromatic heterocycles. The zero-order chi connectivity index (χ0) is 14.2. The van der Waals surface area contributed by atoms with Gasteiger partial charge in [0.05, 0.1) is 12.2 Å². The zero-order valence-corrected chi connectivity index (χ0v) is 11.5. The molecule has 2 fully saturated rings. The number of carbonyl (C=O) groups is 1. The molecule has 2 saturated carbocycles. The largest absolute Gasteiger partial charge is 0.493 e. The van der Waals surface area contributed by atoms with Gasteiger partial charge in [0.25, 0.3) is 5.91 Å². The van der Waals surface area contributed by atoms with Crippen LogP contribution < -0.4 is 10.5 Å². The maximum atomic E-state index is 13.6. The molecule has 3 rings (SSSR count). The van der Waals surface area contributed by atoms with E-state index in [0.29, 0.717) is 23.7 Å². The summed E-state index contributed by atoms with van der Waals surface area (Å²) in [5, 5.41) is 0. The summed E-state index contributed by atoms with van der Waals surface area (Å²) in [5.41, 5.74) is 5.50. The van der Waals surface area contributed by atoms with Crippen LogP contribution in [0.4, 0.5) is 4.39 Å². The molecule has 3 nitrogen and oxygen atoms in total. The van der Waals surface area contributed by atoms with Crippen LogP contribution in [0.15, 0.2) is 18.2 Å². The van der Waals surface area contributed by atoms with Gasteiger partial charge in [-0.25, -0.2) is 4.39 Å². The van der Waals surface area contributed by atoms with Crippen LogP contribution in [0.3, 0.4) is 0 Å². The minimum absolute atomic E-state index is 0.0903. The SMILES string of the molecule is NC(=O)c1ccc(OCC2CC23CCCCC3)cc1F. The maximum absolute atomic E-state index is 13.6. The predicted octanol–water partition coefficient (Wildman–Crippen LogP) is 3.27. The third-order valence-corrected chi connectivity index (χ3v) is 4.87. The molecule has 0 heterocycles. The van der Waals surface area contributed by atoms with E-state index in [0.717, 1.165) is 0 Å². The Morgan fingerprint density at radius 3 is 2.75 bits per heavy atom. The van der Waals surface area contributed by atoms with E-state index in [4.69, 9.17) is 10.5 Å². The van der Waals surface area contributed by atoms with E-state index in [9.17, 15) is 9.18 Å². The van der Waals surface area contributed by atoms with Gasteiger partial charge in [-0.2, -0.15) is 0 Å². The third kappa shape index (κ3) is 2.51. The van der Waals surface area contributed by atoms with E-state index >= 15 is 0 Å². The minimum atomic E-state index is -0.752. The Kier molecular flexibility index (Phi) is 3.40. The summed E-state index contributed by atoms with van der Waals surface area (Å²) in [6.07, 6.45) is 7.90. The molecule has 108 valence electrons. The normalized spacial score (nSPS) is 23.6. The summed E-state index contributed by atoms with van der Waals surface area (Å²) < 4.78 is 19.3. The average molecular weight is 277 g/mol. The van der Waals surface area contributed by atoms with E-state index in [1.54, 1.807) is 6.07 Å². The average Bonchev–Trinajstić information content (AvgIpc) is 3.09. The lowest BCUT2D eigenvalue weighted by molar-refractivity contribution is 0.0996. The fourth-order valence-corrected chi connectivity index (χ4v) is 3.52. The van der Waals surface area contributed by atoms with Crippen molar-refractivity contribution in [3.8, 4) is 5.75 Å². The first-order valence-corrected chi connectivity index (χ1v) is 7.33. The quantitative estimate of drug-likeness (QED) is 0.918. The van der Waals surface area contributed by atoms with Crippen molar-refractivity contribution >= 4 is 5.91 Å². The molecule has 0 saturated heterocycles. The topological polar surface area (TPSA) is 52.3 Å². The number of primary amides is 1. The van der Waals surface area contributed by atoms with E-state index in [1.807, 2.05) is 0 Å². The lowest BCUT2D eigenvalue weighted by Crippen LogP contribution is -2.14. The summed E-state index contributed by atoms with van der Waals surface area (Å²) in [4.78, 5) is 11.0. The van der Waals surface area contributed by atoms with Crippen LogP contribution in [0.5, 0.6) is 5.75 Å². The number of benzene rings is 1. The number of nitrogens with two attached hydrogens (primary N) is 1. The van der Waals surface area contributed by atoms with Gasteiger partial charge in [-0.15, -0.1) is 0 Å². The Labute approximate surface area is 118 Å². The maximum Gasteiger partial charge on any atom is 0.251 e. The molecule has 1 aromatic carbocycles. The lowest BCUT2D eigenvalue weighted by atomic mass is 9.84. The third-order valence-electron chi connectivity index (χ3n) is 4.87. The van der Waals surface area contributed by atoms with Crippen LogP contribution in [0.1, 0.15) is 48.9 Å².